The van der Waals surface area contributed by atoms with Gasteiger partial charge in [0.25, 0.3) is 0 Å². The van der Waals surface area contributed by atoms with E-state index in [9.17, 15) is 4.79 Å². The van der Waals surface area contributed by atoms with Crippen LogP contribution in [0.3, 0.4) is 0 Å². The number of aliphatic imine (C=N–C) groups is 1. The first-order valence-corrected chi connectivity index (χ1v) is 8.49. The molecule has 0 unspecified atom stereocenters. The summed E-state index contributed by atoms with van der Waals surface area (Å²) < 4.78 is 0. The van der Waals surface area contributed by atoms with Gasteiger partial charge in [-0.2, -0.15) is 0 Å². The minimum absolute atomic E-state index is 0.0816. The van der Waals surface area contributed by atoms with E-state index in [0.29, 0.717) is 18.5 Å². The number of carbonyl (C=O) groups excluding carboxylic acids is 1. The van der Waals surface area contributed by atoms with E-state index in [1.54, 1.807) is 6.08 Å². The molecule has 0 aromatic heterocycles. The highest BCUT2D eigenvalue weighted by molar-refractivity contribution is 5.78. The highest BCUT2D eigenvalue weighted by Crippen LogP contribution is 2.25. The molecule has 0 heterocycles. The standard InChI is InChI=1S/C18H32N4O/c1-6-7-17(19-4)22(5)13-15-8-10-16(11-9-15)20-12-18(23)21-14(2)3/h6-7,14-16,20H,1,4,8-13H2,2-3,5H3,(H,21,23). The van der Waals surface area contributed by atoms with E-state index < -0.39 is 0 Å². The monoisotopic (exact) mass is 320 g/mol. The van der Waals surface area contributed by atoms with E-state index in [0.717, 1.165) is 25.2 Å². The molecule has 0 aromatic carbocycles. The molecule has 23 heavy (non-hydrogen) atoms. The first-order chi connectivity index (χ1) is 11.0. The van der Waals surface area contributed by atoms with Crippen LogP contribution in [-0.2, 0) is 4.79 Å². The van der Waals surface area contributed by atoms with Crippen LogP contribution < -0.4 is 10.6 Å². The summed E-state index contributed by atoms with van der Waals surface area (Å²) in [4.78, 5) is 17.8. The van der Waals surface area contributed by atoms with Gasteiger partial charge in [0.05, 0.1) is 6.54 Å². The lowest BCUT2D eigenvalue weighted by Gasteiger charge is -2.32. The Balaban J connectivity index is 2.30. The van der Waals surface area contributed by atoms with Crippen LogP contribution in [-0.4, -0.2) is 49.7 Å². The molecule has 1 saturated carbocycles. The molecule has 5 heteroatoms. The summed E-state index contributed by atoms with van der Waals surface area (Å²) >= 11 is 0. The molecule has 1 rings (SSSR count). The third kappa shape index (κ3) is 7.46. The second kappa shape index (κ2) is 10.2. The maximum Gasteiger partial charge on any atom is 0.234 e. The van der Waals surface area contributed by atoms with Gasteiger partial charge in [-0.25, -0.2) is 4.99 Å². The zero-order chi connectivity index (χ0) is 17.2. The van der Waals surface area contributed by atoms with Gasteiger partial charge in [-0.05, 0) is 58.2 Å². The predicted octanol–water partition coefficient (Wildman–Crippen LogP) is 2.32. The molecule has 0 radical (unpaired) electrons. The Hall–Kier alpha value is -1.62. The van der Waals surface area contributed by atoms with Crippen LogP contribution in [0.15, 0.2) is 29.5 Å². The number of nitrogens with zero attached hydrogens (tertiary/aromatic N) is 2. The fraction of sp³-hybridized carbons (Fsp3) is 0.667. The average Bonchev–Trinajstić information content (AvgIpc) is 2.51. The summed E-state index contributed by atoms with van der Waals surface area (Å²) in [5.41, 5.74) is 0. The molecule has 0 aromatic rings. The Morgan fingerprint density at radius 2 is 2.00 bits per heavy atom. The maximum atomic E-state index is 11.7. The second-order valence-corrected chi connectivity index (χ2v) is 6.62. The molecule has 1 aliphatic rings. The first-order valence-electron chi connectivity index (χ1n) is 8.49. The van der Waals surface area contributed by atoms with Crippen LogP contribution in [0.25, 0.3) is 0 Å². The highest BCUT2D eigenvalue weighted by Gasteiger charge is 2.22. The van der Waals surface area contributed by atoms with Crippen LogP contribution in [0.5, 0.6) is 0 Å². The number of nitrogens with one attached hydrogen (secondary N) is 2. The van der Waals surface area contributed by atoms with Crippen molar-refractivity contribution in [1.82, 2.24) is 15.5 Å². The SMILES string of the molecule is C=CC=C(N=C)N(C)CC1CCC(NCC(=O)NC(C)C)CC1. The van der Waals surface area contributed by atoms with E-state index in [2.05, 4.69) is 33.8 Å². The van der Waals surface area contributed by atoms with Crippen molar-refractivity contribution in [3.8, 4) is 0 Å². The molecule has 1 aliphatic carbocycles. The summed E-state index contributed by atoms with van der Waals surface area (Å²) in [6.07, 6.45) is 8.21. The van der Waals surface area contributed by atoms with Crippen molar-refractivity contribution in [2.45, 2.75) is 51.6 Å². The van der Waals surface area contributed by atoms with Crippen LogP contribution in [0.2, 0.25) is 0 Å². The summed E-state index contributed by atoms with van der Waals surface area (Å²) in [6.45, 7) is 12.7. The number of hydrogen-bond acceptors (Lipinski definition) is 4. The Morgan fingerprint density at radius 1 is 1.35 bits per heavy atom. The maximum absolute atomic E-state index is 11.7. The van der Waals surface area contributed by atoms with Gasteiger partial charge in [-0.15, -0.1) is 0 Å². The Morgan fingerprint density at radius 3 is 2.52 bits per heavy atom. The Bertz CT molecular complexity index is 423. The summed E-state index contributed by atoms with van der Waals surface area (Å²) in [5.74, 6) is 1.61. The van der Waals surface area contributed by atoms with Crippen molar-refractivity contribution in [3.05, 3.63) is 24.6 Å². The number of hydrogen-bond donors (Lipinski definition) is 2. The lowest BCUT2D eigenvalue weighted by molar-refractivity contribution is -0.120. The van der Waals surface area contributed by atoms with Crippen LogP contribution in [0, 0.1) is 5.92 Å². The summed E-state index contributed by atoms with van der Waals surface area (Å²) in [5, 5.41) is 6.29. The Labute approximate surface area is 140 Å². The van der Waals surface area contributed by atoms with E-state index in [4.69, 9.17) is 0 Å². The minimum atomic E-state index is 0.0816. The smallest absolute Gasteiger partial charge is 0.234 e. The van der Waals surface area contributed by atoms with E-state index >= 15 is 0 Å². The summed E-state index contributed by atoms with van der Waals surface area (Å²) in [7, 11) is 2.05. The molecule has 130 valence electrons. The zero-order valence-electron chi connectivity index (χ0n) is 14.8. The number of amides is 1. The molecular formula is C18H32N4O. The molecular weight excluding hydrogens is 288 g/mol. The van der Waals surface area contributed by atoms with Crippen molar-refractivity contribution in [1.29, 1.82) is 0 Å². The third-order valence-corrected chi connectivity index (χ3v) is 4.20. The first kappa shape index (κ1) is 19.4. The lowest BCUT2D eigenvalue weighted by atomic mass is 9.85. The number of carbonyl (C=O) groups is 1. The van der Waals surface area contributed by atoms with Gasteiger partial charge in [0.1, 0.15) is 5.82 Å². The predicted molar refractivity (Wildman–Crippen MR) is 97.5 cm³/mol. The summed E-state index contributed by atoms with van der Waals surface area (Å²) in [6, 6.07) is 0.655. The van der Waals surface area contributed by atoms with Crippen LogP contribution >= 0.6 is 0 Å². The molecule has 2 N–H and O–H groups in total. The zero-order valence-corrected chi connectivity index (χ0v) is 14.8. The fourth-order valence-electron chi connectivity index (χ4n) is 3.05. The molecule has 5 nitrogen and oxygen atoms in total. The van der Waals surface area contributed by atoms with Gasteiger partial charge in [-0.1, -0.05) is 12.7 Å². The Kier molecular flexibility index (Phi) is 8.62. The molecule has 1 amide bonds. The van der Waals surface area contributed by atoms with Gasteiger partial charge in [-0.3, -0.25) is 4.79 Å². The van der Waals surface area contributed by atoms with E-state index in [1.807, 2.05) is 27.0 Å². The van der Waals surface area contributed by atoms with Crippen molar-refractivity contribution in [3.63, 3.8) is 0 Å². The third-order valence-electron chi connectivity index (χ3n) is 4.20. The highest BCUT2D eigenvalue weighted by atomic mass is 16.1. The van der Waals surface area contributed by atoms with Gasteiger partial charge in [0, 0.05) is 25.7 Å². The van der Waals surface area contributed by atoms with Crippen LogP contribution in [0.1, 0.15) is 39.5 Å². The van der Waals surface area contributed by atoms with Gasteiger partial charge >= 0.3 is 0 Å². The van der Waals surface area contributed by atoms with Gasteiger partial charge < -0.3 is 15.5 Å². The number of rotatable bonds is 9. The molecule has 0 spiro atoms. The fourth-order valence-corrected chi connectivity index (χ4v) is 3.05. The van der Waals surface area contributed by atoms with Crippen molar-refractivity contribution >= 4 is 12.6 Å². The van der Waals surface area contributed by atoms with E-state index in [1.165, 1.54) is 12.8 Å². The quantitative estimate of drug-likeness (QED) is 0.506. The van der Waals surface area contributed by atoms with Crippen molar-refractivity contribution in [2.24, 2.45) is 10.9 Å². The topological polar surface area (TPSA) is 56.7 Å². The van der Waals surface area contributed by atoms with Crippen molar-refractivity contribution < 1.29 is 4.79 Å². The molecule has 1 fully saturated rings. The van der Waals surface area contributed by atoms with Crippen LogP contribution in [0.4, 0.5) is 0 Å². The number of allylic oxidation sites excluding steroid dienone is 2. The normalized spacial score (nSPS) is 21.8. The van der Waals surface area contributed by atoms with Gasteiger partial charge in [0.2, 0.25) is 5.91 Å². The van der Waals surface area contributed by atoms with Gasteiger partial charge in [0.15, 0.2) is 0 Å². The minimum Gasteiger partial charge on any atom is -0.359 e. The molecule has 0 atom stereocenters. The molecule has 0 saturated heterocycles. The molecule has 0 bridgehead atoms. The molecule has 0 aliphatic heterocycles. The van der Waals surface area contributed by atoms with E-state index in [-0.39, 0.29) is 11.9 Å². The lowest BCUT2D eigenvalue weighted by Crippen LogP contribution is -2.43. The second-order valence-electron chi connectivity index (χ2n) is 6.62. The largest absolute Gasteiger partial charge is 0.359 e. The average molecular weight is 320 g/mol. The van der Waals surface area contributed by atoms with Crippen molar-refractivity contribution in [2.75, 3.05) is 20.1 Å².